The fourth-order valence-corrected chi connectivity index (χ4v) is 4.30. The summed E-state index contributed by atoms with van der Waals surface area (Å²) in [5.74, 6) is 0.956. The van der Waals surface area contributed by atoms with Crippen LogP contribution in [0.25, 0.3) is 11.0 Å². The molecular weight excluding hydrogens is 410 g/mol. The number of benzene rings is 3. The van der Waals surface area contributed by atoms with Crippen molar-refractivity contribution in [3.63, 3.8) is 0 Å². The lowest BCUT2D eigenvalue weighted by molar-refractivity contribution is 0.337. The maximum Gasteiger partial charge on any atom is 0.263 e. The molecule has 0 aliphatic heterocycles. The summed E-state index contributed by atoms with van der Waals surface area (Å²) in [6.07, 6.45) is 0.375. The van der Waals surface area contributed by atoms with Crippen LogP contribution in [-0.2, 0) is 16.4 Å². The molecule has 1 heterocycles. The van der Waals surface area contributed by atoms with Crippen LogP contribution in [0.3, 0.4) is 0 Å². The van der Waals surface area contributed by atoms with E-state index in [0.29, 0.717) is 29.8 Å². The maximum atomic E-state index is 13.0. The maximum absolute atomic E-state index is 13.0. The molecule has 4 aromatic rings. The molecule has 4 rings (SSSR count). The molecule has 0 radical (unpaired) electrons. The van der Waals surface area contributed by atoms with Gasteiger partial charge in [-0.1, -0.05) is 48.0 Å². The predicted octanol–water partition coefficient (Wildman–Crippen LogP) is 4.73. The van der Waals surface area contributed by atoms with Crippen LogP contribution < -0.4 is 9.46 Å². The molecule has 0 spiro atoms. The average molecular weight is 434 g/mol. The average Bonchev–Trinajstić information content (AvgIpc) is 2.76. The zero-order chi connectivity index (χ0) is 21.8. The number of hydrogen-bond acceptors (Lipinski definition) is 5. The van der Waals surface area contributed by atoms with Gasteiger partial charge in [-0.05, 0) is 44.2 Å². The molecule has 158 valence electrons. The van der Waals surface area contributed by atoms with E-state index in [4.69, 9.17) is 9.72 Å². The number of rotatable bonds is 7. The van der Waals surface area contributed by atoms with Gasteiger partial charge in [-0.2, -0.15) is 0 Å². The summed E-state index contributed by atoms with van der Waals surface area (Å²) in [7, 11) is -3.82. The molecule has 7 heteroatoms. The molecule has 0 saturated carbocycles. The highest BCUT2D eigenvalue weighted by molar-refractivity contribution is 7.92. The third-order valence-electron chi connectivity index (χ3n) is 4.84. The zero-order valence-corrected chi connectivity index (χ0v) is 18.2. The Morgan fingerprint density at radius 2 is 1.52 bits per heavy atom. The lowest BCUT2D eigenvalue weighted by Crippen LogP contribution is -2.16. The van der Waals surface area contributed by atoms with Crippen molar-refractivity contribution in [1.82, 2.24) is 9.97 Å². The molecule has 0 aliphatic rings. The van der Waals surface area contributed by atoms with Gasteiger partial charge in [0, 0.05) is 12.0 Å². The fourth-order valence-electron chi connectivity index (χ4n) is 3.27. The van der Waals surface area contributed by atoms with Gasteiger partial charge in [-0.25, -0.2) is 18.4 Å². The van der Waals surface area contributed by atoms with Crippen LogP contribution in [0.5, 0.6) is 5.75 Å². The van der Waals surface area contributed by atoms with Crippen molar-refractivity contribution in [2.45, 2.75) is 25.2 Å². The Labute approximate surface area is 182 Å². The van der Waals surface area contributed by atoms with Crippen molar-refractivity contribution in [1.29, 1.82) is 0 Å². The van der Waals surface area contributed by atoms with E-state index in [0.717, 1.165) is 16.9 Å². The number of anilines is 1. The molecule has 0 amide bonds. The van der Waals surface area contributed by atoms with Crippen molar-refractivity contribution >= 4 is 26.9 Å². The number of para-hydroxylation sites is 3. The number of sulfonamides is 1. The van der Waals surface area contributed by atoms with Gasteiger partial charge in [-0.3, -0.25) is 4.72 Å². The minimum Gasteiger partial charge on any atom is -0.494 e. The molecule has 0 unspecified atom stereocenters. The summed E-state index contributed by atoms with van der Waals surface area (Å²) in [5.41, 5.74) is 3.74. The van der Waals surface area contributed by atoms with Crippen molar-refractivity contribution in [3.8, 4) is 5.75 Å². The van der Waals surface area contributed by atoms with Gasteiger partial charge in [0.1, 0.15) is 5.75 Å². The van der Waals surface area contributed by atoms with Crippen LogP contribution >= 0.6 is 0 Å². The summed E-state index contributed by atoms with van der Waals surface area (Å²) in [4.78, 5) is 9.48. The summed E-state index contributed by atoms with van der Waals surface area (Å²) in [6, 6.07) is 21.7. The molecule has 3 aromatic carbocycles. The summed E-state index contributed by atoms with van der Waals surface area (Å²) < 4.78 is 34.4. The number of fused-ring (bicyclic) bond motifs is 1. The van der Waals surface area contributed by atoms with Crippen molar-refractivity contribution in [2.75, 3.05) is 11.3 Å². The SMILES string of the molecule is CCOc1ccccc1Cc1nc2ccccc2nc1NS(=O)(=O)c1ccc(C)cc1. The van der Waals surface area contributed by atoms with Crippen LogP contribution in [0.1, 0.15) is 23.7 Å². The molecule has 0 atom stereocenters. The summed E-state index contributed by atoms with van der Waals surface area (Å²) in [5, 5.41) is 0. The van der Waals surface area contributed by atoms with Crippen LogP contribution in [0.4, 0.5) is 5.82 Å². The monoisotopic (exact) mass is 433 g/mol. The first-order chi connectivity index (χ1) is 15.0. The van der Waals surface area contributed by atoms with Gasteiger partial charge in [0.25, 0.3) is 10.0 Å². The Hall–Kier alpha value is -3.45. The second kappa shape index (κ2) is 8.73. The Morgan fingerprint density at radius 1 is 0.871 bits per heavy atom. The van der Waals surface area contributed by atoms with E-state index in [9.17, 15) is 8.42 Å². The first-order valence-electron chi connectivity index (χ1n) is 10.0. The van der Waals surface area contributed by atoms with Crippen molar-refractivity contribution < 1.29 is 13.2 Å². The largest absolute Gasteiger partial charge is 0.494 e. The Balaban J connectivity index is 1.78. The lowest BCUT2D eigenvalue weighted by Gasteiger charge is -2.14. The molecule has 31 heavy (non-hydrogen) atoms. The Morgan fingerprint density at radius 3 is 2.23 bits per heavy atom. The van der Waals surface area contributed by atoms with E-state index in [-0.39, 0.29) is 10.7 Å². The highest BCUT2D eigenvalue weighted by Gasteiger charge is 2.19. The molecule has 1 N–H and O–H groups in total. The first-order valence-corrected chi connectivity index (χ1v) is 11.5. The van der Waals surface area contributed by atoms with E-state index >= 15 is 0 Å². The Kier molecular flexibility index (Phi) is 5.86. The van der Waals surface area contributed by atoms with Gasteiger partial charge in [0.05, 0.1) is 28.2 Å². The van der Waals surface area contributed by atoms with Crippen LogP contribution in [0.15, 0.2) is 77.7 Å². The number of aromatic nitrogens is 2. The minimum atomic E-state index is -3.82. The number of ether oxygens (including phenoxy) is 1. The lowest BCUT2D eigenvalue weighted by atomic mass is 10.1. The van der Waals surface area contributed by atoms with Crippen molar-refractivity contribution in [3.05, 3.63) is 89.6 Å². The first kappa shape index (κ1) is 20.8. The van der Waals surface area contributed by atoms with E-state index in [2.05, 4.69) is 9.71 Å². The number of nitrogens with one attached hydrogen (secondary N) is 1. The van der Waals surface area contributed by atoms with Gasteiger partial charge >= 0.3 is 0 Å². The summed E-state index contributed by atoms with van der Waals surface area (Å²) >= 11 is 0. The zero-order valence-electron chi connectivity index (χ0n) is 17.4. The minimum absolute atomic E-state index is 0.175. The molecular formula is C24H23N3O3S. The number of nitrogens with zero attached hydrogens (tertiary/aromatic N) is 2. The highest BCUT2D eigenvalue weighted by atomic mass is 32.2. The topological polar surface area (TPSA) is 81.2 Å². The molecule has 0 fully saturated rings. The van der Waals surface area contributed by atoms with Gasteiger partial charge in [0.15, 0.2) is 5.82 Å². The third-order valence-corrected chi connectivity index (χ3v) is 6.19. The van der Waals surface area contributed by atoms with Crippen LogP contribution in [-0.4, -0.2) is 25.0 Å². The standard InChI is InChI=1S/C24H23N3O3S/c1-3-30-23-11-7-4-8-18(23)16-22-24(26-21-10-6-5-9-20(21)25-22)27-31(28,29)19-14-12-17(2)13-15-19/h4-15H,3,16H2,1-2H3,(H,26,27). The summed E-state index contributed by atoms with van der Waals surface area (Å²) in [6.45, 7) is 4.37. The predicted molar refractivity (Wildman–Crippen MR) is 122 cm³/mol. The molecule has 0 bridgehead atoms. The molecule has 0 aliphatic carbocycles. The molecule has 6 nitrogen and oxygen atoms in total. The van der Waals surface area contributed by atoms with Gasteiger partial charge in [0.2, 0.25) is 0 Å². The van der Waals surface area contributed by atoms with Crippen LogP contribution in [0, 0.1) is 6.92 Å². The molecule has 1 aromatic heterocycles. The fraction of sp³-hybridized carbons (Fsp3) is 0.167. The van der Waals surface area contributed by atoms with Gasteiger partial charge in [-0.15, -0.1) is 0 Å². The van der Waals surface area contributed by atoms with E-state index in [1.54, 1.807) is 24.3 Å². The van der Waals surface area contributed by atoms with E-state index in [1.807, 2.05) is 62.4 Å². The third kappa shape index (κ3) is 4.67. The Bertz CT molecular complexity index is 1320. The van der Waals surface area contributed by atoms with E-state index < -0.39 is 10.0 Å². The smallest absolute Gasteiger partial charge is 0.263 e. The van der Waals surface area contributed by atoms with Crippen molar-refractivity contribution in [2.24, 2.45) is 0 Å². The van der Waals surface area contributed by atoms with Gasteiger partial charge < -0.3 is 4.74 Å². The highest BCUT2D eigenvalue weighted by Crippen LogP contribution is 2.26. The van der Waals surface area contributed by atoms with Crippen LogP contribution in [0.2, 0.25) is 0 Å². The second-order valence-corrected chi connectivity index (χ2v) is 8.83. The number of aryl methyl sites for hydroxylation is 1. The molecule has 0 saturated heterocycles. The normalized spacial score (nSPS) is 11.4. The second-order valence-electron chi connectivity index (χ2n) is 7.14. The quantitative estimate of drug-likeness (QED) is 0.456. The number of hydrogen-bond donors (Lipinski definition) is 1. The van der Waals surface area contributed by atoms with E-state index in [1.165, 1.54) is 0 Å².